The van der Waals surface area contributed by atoms with Crippen LogP contribution in [0.5, 0.6) is 0 Å². The number of rotatable bonds is 5. The zero-order valence-electron chi connectivity index (χ0n) is 9.31. The summed E-state index contributed by atoms with van der Waals surface area (Å²) in [6, 6.07) is 6.39. The molecule has 3 nitrogen and oxygen atoms in total. The van der Waals surface area contributed by atoms with Crippen LogP contribution in [-0.4, -0.2) is 15.9 Å². The highest BCUT2D eigenvalue weighted by molar-refractivity contribution is 9.10. The summed E-state index contributed by atoms with van der Waals surface area (Å²) in [5.41, 5.74) is 1.28. The topological polar surface area (TPSA) is 37.8 Å². The predicted octanol–water partition coefficient (Wildman–Crippen LogP) is 3.56. The van der Waals surface area contributed by atoms with Gasteiger partial charge in [0, 0.05) is 15.9 Å². The van der Waals surface area contributed by atoms with Crippen molar-refractivity contribution in [3.8, 4) is 0 Å². The Hall–Kier alpha value is -0.430. The maximum Gasteiger partial charge on any atom is 0.174 e. The molecule has 0 bridgehead atoms. The first kappa shape index (κ1) is 13.0. The second kappa shape index (κ2) is 6.49. The summed E-state index contributed by atoms with van der Waals surface area (Å²) >= 11 is 6.64. The first-order chi connectivity index (χ1) is 8.29. The highest BCUT2D eigenvalue weighted by atomic mass is 79.9. The van der Waals surface area contributed by atoms with E-state index in [4.69, 9.17) is 0 Å². The molecule has 0 saturated heterocycles. The Morgan fingerprint density at radius 3 is 3.00 bits per heavy atom. The molecule has 2 aromatic rings. The molecule has 0 atom stereocenters. The number of hydrogen-bond acceptors (Lipinski definition) is 5. The highest BCUT2D eigenvalue weighted by Gasteiger charge is 2.05. The smallest absolute Gasteiger partial charge is 0.174 e. The van der Waals surface area contributed by atoms with E-state index in [0.29, 0.717) is 0 Å². The fourth-order valence-electron chi connectivity index (χ4n) is 1.31. The summed E-state index contributed by atoms with van der Waals surface area (Å²) in [5, 5.41) is 3.31. The summed E-state index contributed by atoms with van der Waals surface area (Å²) in [4.78, 5) is 5.33. The number of benzene rings is 1. The van der Waals surface area contributed by atoms with Crippen LogP contribution in [0.25, 0.3) is 0 Å². The minimum Gasteiger partial charge on any atom is -0.313 e. The molecule has 0 aliphatic carbocycles. The van der Waals surface area contributed by atoms with Gasteiger partial charge in [0.1, 0.15) is 6.33 Å². The van der Waals surface area contributed by atoms with Crippen LogP contribution in [0.3, 0.4) is 0 Å². The molecule has 6 heteroatoms. The van der Waals surface area contributed by atoms with Gasteiger partial charge in [-0.05, 0) is 51.7 Å². The van der Waals surface area contributed by atoms with Crippen molar-refractivity contribution in [1.29, 1.82) is 0 Å². The monoisotopic (exact) mass is 329 g/mol. The largest absolute Gasteiger partial charge is 0.313 e. The van der Waals surface area contributed by atoms with Gasteiger partial charge < -0.3 is 5.32 Å². The van der Waals surface area contributed by atoms with Crippen molar-refractivity contribution in [2.24, 2.45) is 0 Å². The summed E-state index contributed by atoms with van der Waals surface area (Å²) in [5.74, 6) is 0. The Labute approximate surface area is 117 Å². The lowest BCUT2D eigenvalue weighted by Crippen LogP contribution is -2.11. The molecule has 1 aromatic heterocycles. The van der Waals surface area contributed by atoms with Gasteiger partial charge in [-0.1, -0.05) is 24.8 Å². The van der Waals surface area contributed by atoms with Gasteiger partial charge in [-0.2, -0.15) is 4.37 Å². The molecule has 1 N–H and O–H groups in total. The van der Waals surface area contributed by atoms with Crippen molar-refractivity contribution < 1.29 is 0 Å². The van der Waals surface area contributed by atoms with E-state index in [1.165, 1.54) is 22.0 Å². The molecule has 0 saturated carbocycles. The molecule has 1 aromatic carbocycles. The Morgan fingerprint density at radius 1 is 1.47 bits per heavy atom. The fourth-order valence-corrected chi connectivity index (χ4v) is 3.38. The van der Waals surface area contributed by atoms with Gasteiger partial charge in [-0.15, -0.1) is 0 Å². The van der Waals surface area contributed by atoms with Crippen LogP contribution in [-0.2, 0) is 6.54 Å². The lowest BCUT2D eigenvalue weighted by Gasteiger charge is -2.06. The van der Waals surface area contributed by atoms with E-state index in [1.54, 1.807) is 18.1 Å². The van der Waals surface area contributed by atoms with Crippen molar-refractivity contribution >= 4 is 39.2 Å². The Bertz CT molecular complexity index is 474. The highest BCUT2D eigenvalue weighted by Crippen LogP contribution is 2.34. The predicted molar refractivity (Wildman–Crippen MR) is 75.6 cm³/mol. The maximum atomic E-state index is 4.16. The quantitative estimate of drug-likeness (QED) is 0.910. The second-order valence-electron chi connectivity index (χ2n) is 3.35. The van der Waals surface area contributed by atoms with Gasteiger partial charge >= 0.3 is 0 Å². The van der Waals surface area contributed by atoms with E-state index in [1.807, 2.05) is 0 Å². The molecule has 0 unspecified atom stereocenters. The zero-order valence-corrected chi connectivity index (χ0v) is 12.5. The Morgan fingerprint density at radius 2 is 2.35 bits per heavy atom. The maximum absolute atomic E-state index is 4.16. The normalized spacial score (nSPS) is 10.7. The first-order valence-electron chi connectivity index (χ1n) is 5.23. The molecule has 0 aliphatic heterocycles. The van der Waals surface area contributed by atoms with Crippen LogP contribution >= 0.6 is 39.2 Å². The van der Waals surface area contributed by atoms with Crippen LogP contribution in [0.4, 0.5) is 0 Å². The van der Waals surface area contributed by atoms with Gasteiger partial charge in [0.2, 0.25) is 0 Å². The average molecular weight is 330 g/mol. The van der Waals surface area contributed by atoms with Gasteiger partial charge in [0.05, 0.1) is 0 Å². The molecule has 0 fully saturated rings. The van der Waals surface area contributed by atoms with E-state index < -0.39 is 0 Å². The van der Waals surface area contributed by atoms with Crippen molar-refractivity contribution in [3.63, 3.8) is 0 Å². The van der Waals surface area contributed by atoms with Crippen molar-refractivity contribution in [2.75, 3.05) is 6.54 Å². The van der Waals surface area contributed by atoms with Crippen LogP contribution in [0.15, 0.2) is 38.2 Å². The summed E-state index contributed by atoms with van der Waals surface area (Å²) in [6.45, 7) is 3.99. The van der Waals surface area contributed by atoms with E-state index in [-0.39, 0.29) is 0 Å². The summed E-state index contributed by atoms with van der Waals surface area (Å²) < 4.78 is 6.06. The van der Waals surface area contributed by atoms with Crippen LogP contribution in [0.2, 0.25) is 0 Å². The molecule has 2 rings (SSSR count). The minimum atomic E-state index is 0.902. The average Bonchev–Trinajstić information content (AvgIpc) is 2.82. The number of nitrogens with zero attached hydrogens (tertiary/aromatic N) is 2. The molecule has 17 heavy (non-hydrogen) atoms. The molecular weight excluding hydrogens is 318 g/mol. The van der Waals surface area contributed by atoms with E-state index in [9.17, 15) is 0 Å². The zero-order chi connectivity index (χ0) is 12.1. The third kappa shape index (κ3) is 3.77. The molecule has 0 aliphatic rings. The molecule has 0 spiro atoms. The van der Waals surface area contributed by atoms with E-state index in [2.05, 4.69) is 55.7 Å². The third-order valence-corrected chi connectivity index (χ3v) is 4.82. The third-order valence-electron chi connectivity index (χ3n) is 2.11. The van der Waals surface area contributed by atoms with Gasteiger partial charge in [-0.3, -0.25) is 0 Å². The van der Waals surface area contributed by atoms with Gasteiger partial charge in [-0.25, -0.2) is 4.98 Å². The van der Waals surface area contributed by atoms with Gasteiger partial charge in [0.15, 0.2) is 4.34 Å². The van der Waals surface area contributed by atoms with E-state index >= 15 is 0 Å². The van der Waals surface area contributed by atoms with Crippen molar-refractivity contribution in [1.82, 2.24) is 14.7 Å². The van der Waals surface area contributed by atoms with Crippen molar-refractivity contribution in [3.05, 3.63) is 34.6 Å². The van der Waals surface area contributed by atoms with E-state index in [0.717, 1.165) is 21.9 Å². The van der Waals surface area contributed by atoms with Gasteiger partial charge in [0.25, 0.3) is 0 Å². The number of halogens is 1. The molecule has 0 amide bonds. The second-order valence-corrected chi connectivity index (χ2v) is 6.28. The fraction of sp³-hybridized carbons (Fsp3) is 0.273. The first-order valence-corrected chi connectivity index (χ1v) is 7.61. The standard InChI is InChI=1S/C11H12BrN3S2/c1-2-13-6-8-3-4-10(9(12)5-8)16-11-14-7-15-17-11/h3-5,7,13H,2,6H2,1H3. The SMILES string of the molecule is CCNCc1ccc(Sc2ncns2)c(Br)c1. The Kier molecular flexibility index (Phi) is 4.97. The number of aromatic nitrogens is 2. The van der Waals surface area contributed by atoms with Crippen LogP contribution < -0.4 is 5.32 Å². The molecule has 0 radical (unpaired) electrons. The van der Waals surface area contributed by atoms with Crippen LogP contribution in [0.1, 0.15) is 12.5 Å². The summed E-state index contributed by atoms with van der Waals surface area (Å²) in [6.07, 6.45) is 1.58. The van der Waals surface area contributed by atoms with Crippen LogP contribution in [0, 0.1) is 0 Å². The number of hydrogen-bond donors (Lipinski definition) is 1. The molecule has 1 heterocycles. The number of nitrogens with one attached hydrogen (secondary N) is 1. The molecular formula is C11H12BrN3S2. The molecule has 90 valence electrons. The van der Waals surface area contributed by atoms with Crippen molar-refractivity contribution in [2.45, 2.75) is 22.7 Å². The Balaban J connectivity index is 2.09. The summed E-state index contributed by atoms with van der Waals surface area (Å²) in [7, 11) is 0. The lowest BCUT2D eigenvalue weighted by atomic mass is 10.2. The lowest BCUT2D eigenvalue weighted by molar-refractivity contribution is 0.726. The minimum absolute atomic E-state index is 0.902.